The fourth-order valence-electron chi connectivity index (χ4n) is 7.36. The molecule has 0 aromatic carbocycles. The molecule has 1 amide bonds. The SMILES string of the molecule is C=CC1CCC(Cn2c(N3C[C@H](C)N(C(=O)C4CC4)C[C@H]3C)nc3nc(-c4noc(=O)[nH]4)nc(N[C@H](C)C4CCC4)c32)CC1. The van der Waals surface area contributed by atoms with E-state index in [0.717, 1.165) is 56.5 Å². The molecule has 1 aliphatic heterocycles. The van der Waals surface area contributed by atoms with E-state index in [4.69, 9.17) is 19.5 Å². The third-order valence-corrected chi connectivity index (χ3v) is 10.6. The first-order valence-electron chi connectivity index (χ1n) is 16.6. The minimum atomic E-state index is -0.649. The molecule has 3 aliphatic carbocycles. The molecular weight excluding hydrogens is 558 g/mol. The lowest BCUT2D eigenvalue weighted by molar-refractivity contribution is -0.135. The van der Waals surface area contributed by atoms with Crippen molar-refractivity contribution >= 4 is 28.8 Å². The standard InChI is InChI=1S/C32H45N9O3/c1-5-21-9-11-22(12-10-21)17-41-25-26(33-20(4)23-7-6-8-23)34-28(29-37-32(43)44-38-29)35-27(25)36-31(41)40-16-18(2)39(15-19(40)3)30(42)24-13-14-24/h5,18-24H,1,6-17H2,2-4H3,(H,33,34,35)(H,37,38,43)/t18-,19+,20+,21?,22?/m0/s1. The Morgan fingerprint density at radius 3 is 2.48 bits per heavy atom. The van der Waals surface area contributed by atoms with Gasteiger partial charge in [0.15, 0.2) is 11.5 Å². The number of rotatable bonds is 9. The van der Waals surface area contributed by atoms with Crippen LogP contribution in [0.3, 0.4) is 0 Å². The van der Waals surface area contributed by atoms with Crippen LogP contribution in [0.2, 0.25) is 0 Å². The molecular formula is C32H45N9O3. The van der Waals surface area contributed by atoms with Crippen LogP contribution in [0.1, 0.15) is 78.6 Å². The number of anilines is 2. The molecule has 0 bridgehead atoms. The first-order valence-corrected chi connectivity index (χ1v) is 16.6. The third-order valence-electron chi connectivity index (χ3n) is 10.6. The van der Waals surface area contributed by atoms with Gasteiger partial charge in [0.25, 0.3) is 0 Å². The van der Waals surface area contributed by atoms with Gasteiger partial charge < -0.3 is 19.7 Å². The molecule has 12 heteroatoms. The van der Waals surface area contributed by atoms with E-state index in [9.17, 15) is 9.59 Å². The quantitative estimate of drug-likeness (QED) is 0.336. The van der Waals surface area contributed by atoms with E-state index in [1.54, 1.807) is 0 Å². The molecule has 3 aromatic heterocycles. The molecule has 7 rings (SSSR count). The number of imidazole rings is 1. The summed E-state index contributed by atoms with van der Waals surface area (Å²) in [4.78, 5) is 47.0. The average molecular weight is 604 g/mol. The van der Waals surface area contributed by atoms with E-state index in [2.05, 4.69) is 63.3 Å². The van der Waals surface area contributed by atoms with Gasteiger partial charge in [-0.2, -0.15) is 4.98 Å². The number of carbonyl (C=O) groups excluding carboxylic acids is 1. The molecule has 3 atom stereocenters. The lowest BCUT2D eigenvalue weighted by Gasteiger charge is -2.45. The van der Waals surface area contributed by atoms with Gasteiger partial charge in [0.2, 0.25) is 23.5 Å². The number of H-pyrrole nitrogens is 1. The van der Waals surface area contributed by atoms with Crippen LogP contribution in [-0.2, 0) is 11.3 Å². The average Bonchev–Trinajstić information content (AvgIpc) is 3.65. The van der Waals surface area contributed by atoms with Gasteiger partial charge >= 0.3 is 5.76 Å². The third kappa shape index (κ3) is 5.51. The zero-order valence-electron chi connectivity index (χ0n) is 26.2. The topological polar surface area (TPSA) is 138 Å². The number of allylic oxidation sites excluding steroid dienone is 1. The minimum absolute atomic E-state index is 0.0775. The molecule has 4 fully saturated rings. The van der Waals surface area contributed by atoms with Gasteiger partial charge in [-0.1, -0.05) is 17.7 Å². The number of hydrogen-bond donors (Lipinski definition) is 2. The van der Waals surface area contributed by atoms with Crippen molar-refractivity contribution in [3.05, 3.63) is 23.2 Å². The Hall–Kier alpha value is -3.70. The summed E-state index contributed by atoms with van der Waals surface area (Å²) in [6, 6.07) is 0.385. The number of aromatic nitrogens is 6. The van der Waals surface area contributed by atoms with Gasteiger partial charge in [0.05, 0.1) is 0 Å². The maximum atomic E-state index is 13.1. The highest BCUT2D eigenvalue weighted by Crippen LogP contribution is 2.38. The Kier molecular flexibility index (Phi) is 7.70. The highest BCUT2D eigenvalue weighted by molar-refractivity contribution is 5.88. The van der Waals surface area contributed by atoms with E-state index >= 15 is 0 Å². The molecule has 1 saturated heterocycles. The zero-order chi connectivity index (χ0) is 30.5. The van der Waals surface area contributed by atoms with Crippen LogP contribution in [0.5, 0.6) is 0 Å². The summed E-state index contributed by atoms with van der Waals surface area (Å²) in [5.41, 5.74) is 1.44. The number of nitrogens with zero attached hydrogens (tertiary/aromatic N) is 7. The van der Waals surface area contributed by atoms with Crippen molar-refractivity contribution in [2.24, 2.45) is 23.7 Å². The number of amides is 1. The van der Waals surface area contributed by atoms with E-state index in [1.165, 1.54) is 19.3 Å². The van der Waals surface area contributed by atoms with Crippen molar-refractivity contribution < 1.29 is 9.32 Å². The first-order chi connectivity index (χ1) is 21.3. The largest absolute Gasteiger partial charge is 0.439 e. The van der Waals surface area contributed by atoms with Gasteiger partial charge in [0, 0.05) is 43.7 Å². The molecule has 2 N–H and O–H groups in total. The number of piperazine rings is 1. The van der Waals surface area contributed by atoms with Crippen LogP contribution in [0.15, 0.2) is 22.0 Å². The lowest BCUT2D eigenvalue weighted by atomic mass is 9.80. The number of nitrogens with one attached hydrogen (secondary N) is 2. The smallest absolute Gasteiger partial charge is 0.365 e. The van der Waals surface area contributed by atoms with Gasteiger partial charge in [-0.15, -0.1) is 6.58 Å². The summed E-state index contributed by atoms with van der Waals surface area (Å²) in [5, 5.41) is 7.61. The summed E-state index contributed by atoms with van der Waals surface area (Å²) < 4.78 is 7.14. The molecule has 3 aromatic rings. The van der Waals surface area contributed by atoms with Crippen molar-refractivity contribution in [2.45, 2.75) is 103 Å². The summed E-state index contributed by atoms with van der Waals surface area (Å²) >= 11 is 0. The molecule has 236 valence electrons. The first kappa shape index (κ1) is 29.0. The minimum Gasteiger partial charge on any atom is -0.365 e. The van der Waals surface area contributed by atoms with Crippen LogP contribution in [-0.4, -0.2) is 71.7 Å². The Labute approximate surface area is 257 Å². The van der Waals surface area contributed by atoms with Crippen LogP contribution in [0.25, 0.3) is 22.8 Å². The number of aromatic amines is 1. The van der Waals surface area contributed by atoms with Gasteiger partial charge in [-0.05, 0) is 89.9 Å². The summed E-state index contributed by atoms with van der Waals surface area (Å²) in [6.07, 6.45) is 12.3. The molecule has 0 spiro atoms. The van der Waals surface area contributed by atoms with Crippen molar-refractivity contribution in [1.29, 1.82) is 0 Å². The summed E-state index contributed by atoms with van der Waals surface area (Å²) in [7, 11) is 0. The molecule has 44 heavy (non-hydrogen) atoms. The summed E-state index contributed by atoms with van der Waals surface area (Å²) in [5.74, 6) is 3.54. The van der Waals surface area contributed by atoms with Crippen molar-refractivity contribution in [1.82, 2.24) is 34.6 Å². The maximum Gasteiger partial charge on any atom is 0.439 e. The van der Waals surface area contributed by atoms with Crippen molar-refractivity contribution in [3.63, 3.8) is 0 Å². The second-order valence-corrected chi connectivity index (χ2v) is 13.8. The molecule has 4 aliphatic rings. The fourth-order valence-corrected chi connectivity index (χ4v) is 7.36. The van der Waals surface area contributed by atoms with Crippen LogP contribution >= 0.6 is 0 Å². The number of carbonyl (C=O) groups is 1. The second-order valence-electron chi connectivity index (χ2n) is 13.8. The molecule has 4 heterocycles. The predicted octanol–water partition coefficient (Wildman–Crippen LogP) is 4.60. The van der Waals surface area contributed by atoms with Crippen molar-refractivity contribution in [2.75, 3.05) is 23.3 Å². The van der Waals surface area contributed by atoms with Crippen LogP contribution < -0.4 is 16.0 Å². The normalized spacial score (nSPS) is 26.9. The highest BCUT2D eigenvalue weighted by atomic mass is 16.5. The van der Waals surface area contributed by atoms with E-state index < -0.39 is 5.76 Å². The van der Waals surface area contributed by atoms with Gasteiger partial charge in [-0.25, -0.2) is 14.8 Å². The molecule has 3 saturated carbocycles. The molecule has 0 radical (unpaired) electrons. The Morgan fingerprint density at radius 2 is 1.84 bits per heavy atom. The van der Waals surface area contributed by atoms with Crippen LogP contribution in [0, 0.1) is 23.7 Å². The Balaban J connectivity index is 1.31. The van der Waals surface area contributed by atoms with Crippen LogP contribution in [0.4, 0.5) is 11.8 Å². The zero-order valence-corrected chi connectivity index (χ0v) is 26.2. The lowest BCUT2D eigenvalue weighted by Crippen LogP contribution is -2.59. The van der Waals surface area contributed by atoms with E-state index in [-0.39, 0.29) is 35.7 Å². The number of hydrogen-bond acceptors (Lipinski definition) is 9. The summed E-state index contributed by atoms with van der Waals surface area (Å²) in [6.45, 7) is 12.8. The Bertz CT molecular complexity index is 1580. The highest BCUT2D eigenvalue weighted by Gasteiger charge is 2.41. The maximum absolute atomic E-state index is 13.1. The molecule has 12 nitrogen and oxygen atoms in total. The van der Waals surface area contributed by atoms with Gasteiger partial charge in [0.1, 0.15) is 5.52 Å². The Morgan fingerprint density at radius 1 is 1.07 bits per heavy atom. The van der Waals surface area contributed by atoms with Crippen molar-refractivity contribution in [3.8, 4) is 11.6 Å². The van der Waals surface area contributed by atoms with Gasteiger partial charge in [-0.3, -0.25) is 14.3 Å². The molecule has 0 unspecified atom stereocenters. The second kappa shape index (κ2) is 11.7. The monoisotopic (exact) mass is 603 g/mol. The van der Waals surface area contributed by atoms with E-state index in [0.29, 0.717) is 48.2 Å². The van der Waals surface area contributed by atoms with E-state index in [1.807, 2.05) is 0 Å². The fraction of sp³-hybridized carbons (Fsp3) is 0.688. The number of fused-ring (bicyclic) bond motifs is 1. The predicted molar refractivity (Wildman–Crippen MR) is 168 cm³/mol.